The SMILES string of the molecule is CN1CCN(c2ccc(S(=O)(=O)c3ccc(CCC(=O)c4cc5ccncc5o4)cc3)cc2)CC1. The number of ketones is 1. The number of hydrogen-bond donors (Lipinski definition) is 0. The van der Waals surface area contributed by atoms with Crippen LogP contribution in [-0.2, 0) is 16.3 Å². The van der Waals surface area contributed by atoms with Crippen molar-refractivity contribution in [1.82, 2.24) is 9.88 Å². The lowest BCUT2D eigenvalue weighted by atomic mass is 10.1. The van der Waals surface area contributed by atoms with Gasteiger partial charge in [-0.05, 0) is 67.6 Å². The molecule has 0 N–H and O–H groups in total. The van der Waals surface area contributed by atoms with Crippen LogP contribution >= 0.6 is 0 Å². The van der Waals surface area contributed by atoms with Crippen LogP contribution in [0.25, 0.3) is 11.0 Å². The standard InChI is InChI=1S/C27H27N3O4S/c1-29-14-16-30(17-15-29)22-5-9-24(10-6-22)35(32,33)23-7-2-20(3-8-23)4-11-25(31)26-18-21-12-13-28-19-27(21)34-26/h2-3,5-10,12-13,18-19H,4,11,14-17H2,1H3. The van der Waals surface area contributed by atoms with Crippen LogP contribution in [0.3, 0.4) is 0 Å². The molecule has 0 radical (unpaired) electrons. The minimum absolute atomic E-state index is 0.0988. The average Bonchev–Trinajstić information content (AvgIpc) is 3.33. The smallest absolute Gasteiger partial charge is 0.206 e. The summed E-state index contributed by atoms with van der Waals surface area (Å²) in [7, 11) is -1.51. The highest BCUT2D eigenvalue weighted by Crippen LogP contribution is 2.25. The first-order valence-corrected chi connectivity index (χ1v) is 13.1. The maximum absolute atomic E-state index is 13.1. The lowest BCUT2D eigenvalue weighted by Crippen LogP contribution is -2.44. The molecule has 3 heterocycles. The van der Waals surface area contributed by atoms with Crippen LogP contribution in [0, 0.1) is 0 Å². The number of benzene rings is 2. The normalized spacial score (nSPS) is 14.9. The Morgan fingerprint density at radius 3 is 2.26 bits per heavy atom. The summed E-state index contributed by atoms with van der Waals surface area (Å²) in [5.41, 5.74) is 2.51. The highest BCUT2D eigenvalue weighted by Gasteiger charge is 2.20. The number of piperazine rings is 1. The highest BCUT2D eigenvalue weighted by atomic mass is 32.2. The second kappa shape index (κ2) is 9.64. The topological polar surface area (TPSA) is 83.7 Å². The first kappa shape index (κ1) is 23.3. The number of pyridine rings is 1. The molecule has 8 heteroatoms. The van der Waals surface area contributed by atoms with E-state index in [4.69, 9.17) is 4.42 Å². The summed E-state index contributed by atoms with van der Waals surface area (Å²) in [5.74, 6) is 0.213. The fourth-order valence-corrected chi connectivity index (χ4v) is 5.54. The van der Waals surface area contributed by atoms with Crippen molar-refractivity contribution in [3.63, 3.8) is 0 Å². The lowest BCUT2D eigenvalue weighted by Gasteiger charge is -2.34. The Labute approximate surface area is 204 Å². The summed E-state index contributed by atoms with van der Waals surface area (Å²) in [6.07, 6.45) is 4.01. The maximum atomic E-state index is 13.1. The van der Waals surface area contributed by atoms with E-state index in [1.54, 1.807) is 60.9 Å². The molecule has 0 spiro atoms. The van der Waals surface area contributed by atoms with E-state index in [1.807, 2.05) is 12.1 Å². The number of carbonyl (C=O) groups is 1. The Hall–Kier alpha value is -3.49. The Kier molecular flexibility index (Phi) is 6.40. The monoisotopic (exact) mass is 489 g/mol. The third kappa shape index (κ3) is 4.99. The van der Waals surface area contributed by atoms with E-state index in [2.05, 4.69) is 21.8 Å². The molecule has 180 valence electrons. The van der Waals surface area contributed by atoms with Crippen LogP contribution in [0.4, 0.5) is 5.69 Å². The predicted octanol–water partition coefficient (Wildman–Crippen LogP) is 4.23. The van der Waals surface area contributed by atoms with Crippen molar-refractivity contribution < 1.29 is 17.6 Å². The van der Waals surface area contributed by atoms with Crippen LogP contribution in [-0.4, -0.2) is 57.3 Å². The predicted molar refractivity (Wildman–Crippen MR) is 135 cm³/mol. The molecule has 1 aliphatic rings. The number of sulfone groups is 1. The molecule has 7 nitrogen and oxygen atoms in total. The summed E-state index contributed by atoms with van der Waals surface area (Å²) in [6, 6.07) is 17.4. The van der Waals surface area contributed by atoms with E-state index >= 15 is 0 Å². The van der Waals surface area contributed by atoms with E-state index < -0.39 is 9.84 Å². The van der Waals surface area contributed by atoms with E-state index in [0.717, 1.165) is 42.8 Å². The summed E-state index contributed by atoms with van der Waals surface area (Å²) in [4.78, 5) is 21.6. The van der Waals surface area contributed by atoms with Gasteiger partial charge in [-0.15, -0.1) is 0 Å². The Morgan fingerprint density at radius 2 is 1.60 bits per heavy atom. The Balaban J connectivity index is 1.23. The Bertz CT molecular complexity index is 1400. The fraction of sp³-hybridized carbons (Fsp3) is 0.259. The van der Waals surface area contributed by atoms with Gasteiger partial charge in [0.15, 0.2) is 17.1 Å². The first-order chi connectivity index (χ1) is 16.9. The zero-order valence-electron chi connectivity index (χ0n) is 19.6. The molecule has 1 saturated heterocycles. The van der Waals surface area contributed by atoms with Crippen molar-refractivity contribution >= 4 is 32.3 Å². The minimum atomic E-state index is -3.62. The van der Waals surface area contributed by atoms with Gasteiger partial charge in [-0.3, -0.25) is 9.78 Å². The van der Waals surface area contributed by atoms with Crippen LogP contribution < -0.4 is 4.90 Å². The lowest BCUT2D eigenvalue weighted by molar-refractivity contribution is 0.0958. The molecule has 0 saturated carbocycles. The molecule has 0 atom stereocenters. The average molecular weight is 490 g/mol. The van der Waals surface area contributed by atoms with Crippen molar-refractivity contribution in [3.05, 3.63) is 84.4 Å². The van der Waals surface area contributed by atoms with E-state index in [1.165, 1.54) is 0 Å². The maximum Gasteiger partial charge on any atom is 0.206 e. The first-order valence-electron chi connectivity index (χ1n) is 11.6. The number of carbonyl (C=O) groups excluding carboxylic acids is 1. The summed E-state index contributed by atoms with van der Waals surface area (Å²) in [6.45, 7) is 3.85. The third-order valence-corrected chi connectivity index (χ3v) is 8.27. The summed E-state index contributed by atoms with van der Waals surface area (Å²) >= 11 is 0. The van der Waals surface area contributed by atoms with Gasteiger partial charge in [-0.2, -0.15) is 0 Å². The largest absolute Gasteiger partial charge is 0.451 e. The molecule has 1 fully saturated rings. The molecule has 35 heavy (non-hydrogen) atoms. The van der Waals surface area contributed by atoms with Crippen molar-refractivity contribution in [1.29, 1.82) is 0 Å². The number of Topliss-reactive ketones (excluding diaryl/α,β-unsaturated/α-hetero) is 1. The number of fused-ring (bicyclic) bond motifs is 1. The van der Waals surface area contributed by atoms with Gasteiger partial charge in [0.25, 0.3) is 0 Å². The van der Waals surface area contributed by atoms with Gasteiger partial charge in [-0.1, -0.05) is 12.1 Å². The molecule has 0 unspecified atom stereocenters. The van der Waals surface area contributed by atoms with Gasteiger partial charge in [0.05, 0.1) is 16.0 Å². The fourth-order valence-electron chi connectivity index (χ4n) is 4.28. The molecule has 1 aliphatic heterocycles. The van der Waals surface area contributed by atoms with Gasteiger partial charge in [0.2, 0.25) is 9.84 Å². The highest BCUT2D eigenvalue weighted by molar-refractivity contribution is 7.91. The number of aryl methyl sites for hydroxylation is 1. The van der Waals surface area contributed by atoms with Crippen molar-refractivity contribution in [3.8, 4) is 0 Å². The molecule has 0 bridgehead atoms. The van der Waals surface area contributed by atoms with Crippen molar-refractivity contribution in [2.75, 3.05) is 38.1 Å². The van der Waals surface area contributed by atoms with Gasteiger partial charge in [0.1, 0.15) is 0 Å². The van der Waals surface area contributed by atoms with Gasteiger partial charge < -0.3 is 14.2 Å². The minimum Gasteiger partial charge on any atom is -0.451 e. The summed E-state index contributed by atoms with van der Waals surface area (Å²) < 4.78 is 31.8. The van der Waals surface area contributed by atoms with E-state index in [9.17, 15) is 13.2 Å². The Morgan fingerprint density at radius 1 is 0.943 bits per heavy atom. The number of aromatic nitrogens is 1. The number of rotatable bonds is 7. The van der Waals surface area contributed by atoms with Gasteiger partial charge in [0, 0.05) is 49.9 Å². The third-order valence-electron chi connectivity index (χ3n) is 6.49. The van der Waals surface area contributed by atoms with Gasteiger partial charge in [-0.25, -0.2) is 8.42 Å². The molecule has 2 aromatic carbocycles. The molecule has 2 aromatic heterocycles. The number of furan rings is 1. The molecule has 0 aliphatic carbocycles. The van der Waals surface area contributed by atoms with Crippen molar-refractivity contribution in [2.24, 2.45) is 0 Å². The number of nitrogens with zero attached hydrogens (tertiary/aromatic N) is 3. The molecule has 5 rings (SSSR count). The molecule has 4 aromatic rings. The van der Waals surface area contributed by atoms with E-state index in [0.29, 0.717) is 17.8 Å². The second-order valence-corrected chi connectivity index (χ2v) is 10.8. The molecular formula is C27H27N3O4S. The zero-order chi connectivity index (χ0) is 24.4. The molecular weight excluding hydrogens is 462 g/mol. The van der Waals surface area contributed by atoms with Crippen LogP contribution in [0.2, 0.25) is 0 Å². The number of likely N-dealkylation sites (N-methyl/N-ethyl adjacent to an activating group) is 1. The van der Waals surface area contributed by atoms with Gasteiger partial charge >= 0.3 is 0 Å². The van der Waals surface area contributed by atoms with E-state index in [-0.39, 0.29) is 22.0 Å². The van der Waals surface area contributed by atoms with Crippen LogP contribution in [0.1, 0.15) is 22.5 Å². The van der Waals surface area contributed by atoms with Crippen LogP contribution in [0.15, 0.2) is 87.3 Å². The van der Waals surface area contributed by atoms with Crippen molar-refractivity contribution in [2.45, 2.75) is 22.6 Å². The molecule has 0 amide bonds. The number of hydrogen-bond acceptors (Lipinski definition) is 7. The quantitative estimate of drug-likeness (QED) is 0.359. The zero-order valence-corrected chi connectivity index (χ0v) is 20.4. The summed E-state index contributed by atoms with van der Waals surface area (Å²) in [5, 5.41) is 0.842. The second-order valence-electron chi connectivity index (χ2n) is 8.88. The van der Waals surface area contributed by atoms with Crippen LogP contribution in [0.5, 0.6) is 0 Å². The number of anilines is 1.